The second kappa shape index (κ2) is 4.78. The van der Waals surface area contributed by atoms with Gasteiger partial charge in [-0.2, -0.15) is 0 Å². The van der Waals surface area contributed by atoms with Crippen LogP contribution in [0.2, 0.25) is 0 Å². The quantitative estimate of drug-likeness (QED) is 0.695. The second-order valence-corrected chi connectivity index (χ2v) is 5.75. The summed E-state index contributed by atoms with van der Waals surface area (Å²) in [4.78, 5) is 8.06. The summed E-state index contributed by atoms with van der Waals surface area (Å²) in [6.45, 7) is 8.60. The molecule has 102 valence electrons. The van der Waals surface area contributed by atoms with Crippen molar-refractivity contribution in [3.63, 3.8) is 0 Å². The van der Waals surface area contributed by atoms with Gasteiger partial charge in [-0.3, -0.25) is 4.98 Å². The molecule has 0 fully saturated rings. The molecule has 0 spiro atoms. The number of fused-ring (bicyclic) bond motifs is 1. The SMILES string of the molecule is Cc1cc(-c2[nH]c3ccccc3c2C(C)C)cc(C)n1. The van der Waals surface area contributed by atoms with Crippen molar-refractivity contribution in [1.82, 2.24) is 9.97 Å². The number of aromatic nitrogens is 2. The van der Waals surface area contributed by atoms with Gasteiger partial charge < -0.3 is 4.98 Å². The molecule has 0 aliphatic heterocycles. The van der Waals surface area contributed by atoms with Gasteiger partial charge in [0.25, 0.3) is 0 Å². The fourth-order valence-electron chi connectivity index (χ4n) is 2.97. The highest BCUT2D eigenvalue weighted by Crippen LogP contribution is 2.35. The minimum absolute atomic E-state index is 0.481. The maximum Gasteiger partial charge on any atom is 0.0501 e. The summed E-state index contributed by atoms with van der Waals surface area (Å²) in [6, 6.07) is 12.8. The van der Waals surface area contributed by atoms with Crippen molar-refractivity contribution in [3.05, 3.63) is 53.3 Å². The Balaban J connectivity index is 2.32. The summed E-state index contributed by atoms with van der Waals surface area (Å²) < 4.78 is 0. The van der Waals surface area contributed by atoms with Crippen molar-refractivity contribution in [1.29, 1.82) is 0 Å². The maximum atomic E-state index is 4.47. The van der Waals surface area contributed by atoms with E-state index in [9.17, 15) is 0 Å². The zero-order chi connectivity index (χ0) is 14.3. The number of aromatic amines is 1. The summed E-state index contributed by atoms with van der Waals surface area (Å²) in [5, 5.41) is 1.32. The molecule has 0 aliphatic rings. The molecule has 1 aromatic carbocycles. The summed E-state index contributed by atoms with van der Waals surface area (Å²) in [5.41, 5.74) is 7.19. The molecule has 0 saturated carbocycles. The first-order valence-corrected chi connectivity index (χ1v) is 7.12. The van der Waals surface area contributed by atoms with Gasteiger partial charge in [0.15, 0.2) is 0 Å². The first-order chi connectivity index (χ1) is 9.56. The monoisotopic (exact) mass is 264 g/mol. The van der Waals surface area contributed by atoms with Gasteiger partial charge in [-0.05, 0) is 43.5 Å². The Morgan fingerprint density at radius 2 is 1.65 bits per heavy atom. The zero-order valence-corrected chi connectivity index (χ0v) is 12.5. The average Bonchev–Trinajstić information content (AvgIpc) is 2.76. The molecule has 2 heterocycles. The van der Waals surface area contributed by atoms with E-state index in [1.165, 1.54) is 27.7 Å². The number of rotatable bonds is 2. The van der Waals surface area contributed by atoms with Gasteiger partial charge in [0.2, 0.25) is 0 Å². The largest absolute Gasteiger partial charge is 0.354 e. The van der Waals surface area contributed by atoms with Crippen LogP contribution in [0.1, 0.15) is 36.7 Å². The molecule has 0 radical (unpaired) electrons. The van der Waals surface area contributed by atoms with Gasteiger partial charge >= 0.3 is 0 Å². The Morgan fingerprint density at radius 3 is 2.30 bits per heavy atom. The fourth-order valence-corrected chi connectivity index (χ4v) is 2.97. The van der Waals surface area contributed by atoms with Crippen LogP contribution in [0.4, 0.5) is 0 Å². The molecule has 0 amide bonds. The third kappa shape index (κ3) is 2.11. The molecule has 0 bridgehead atoms. The molecule has 0 unspecified atom stereocenters. The lowest BCUT2D eigenvalue weighted by molar-refractivity contribution is 0.878. The first kappa shape index (κ1) is 12.9. The van der Waals surface area contributed by atoms with Crippen molar-refractivity contribution in [3.8, 4) is 11.3 Å². The molecule has 0 saturated heterocycles. The van der Waals surface area contributed by atoms with E-state index in [4.69, 9.17) is 0 Å². The highest BCUT2D eigenvalue weighted by atomic mass is 14.7. The van der Waals surface area contributed by atoms with E-state index < -0.39 is 0 Å². The number of pyridine rings is 1. The van der Waals surface area contributed by atoms with Crippen LogP contribution >= 0.6 is 0 Å². The molecule has 0 aliphatic carbocycles. The van der Waals surface area contributed by atoms with Gasteiger partial charge in [-0.25, -0.2) is 0 Å². The number of nitrogens with zero attached hydrogens (tertiary/aromatic N) is 1. The fraction of sp³-hybridized carbons (Fsp3) is 0.278. The Hall–Kier alpha value is -2.09. The number of hydrogen-bond acceptors (Lipinski definition) is 1. The number of aryl methyl sites for hydroxylation is 2. The molecule has 0 atom stereocenters. The third-order valence-electron chi connectivity index (χ3n) is 3.69. The number of H-pyrrole nitrogens is 1. The normalized spacial score (nSPS) is 11.4. The Bertz CT molecular complexity index is 746. The molecule has 20 heavy (non-hydrogen) atoms. The predicted molar refractivity (Wildman–Crippen MR) is 85.1 cm³/mol. The van der Waals surface area contributed by atoms with Crippen LogP contribution in [-0.2, 0) is 0 Å². The van der Waals surface area contributed by atoms with Crippen molar-refractivity contribution >= 4 is 10.9 Å². The second-order valence-electron chi connectivity index (χ2n) is 5.75. The lowest BCUT2D eigenvalue weighted by Crippen LogP contribution is -1.93. The number of para-hydroxylation sites is 1. The molecule has 3 aromatic rings. The molecule has 2 nitrogen and oxygen atoms in total. The average molecular weight is 264 g/mol. The number of benzene rings is 1. The number of hydrogen-bond donors (Lipinski definition) is 1. The van der Waals surface area contributed by atoms with E-state index in [1.54, 1.807) is 0 Å². The van der Waals surface area contributed by atoms with Gasteiger partial charge in [0, 0.05) is 27.9 Å². The van der Waals surface area contributed by atoms with E-state index in [0.29, 0.717) is 5.92 Å². The van der Waals surface area contributed by atoms with Crippen LogP contribution in [0.3, 0.4) is 0 Å². The van der Waals surface area contributed by atoms with Gasteiger partial charge in [0.1, 0.15) is 0 Å². The molecular weight excluding hydrogens is 244 g/mol. The van der Waals surface area contributed by atoms with E-state index >= 15 is 0 Å². The van der Waals surface area contributed by atoms with Crippen molar-refractivity contribution in [2.75, 3.05) is 0 Å². The number of nitrogens with one attached hydrogen (secondary N) is 1. The van der Waals surface area contributed by atoms with E-state index in [-0.39, 0.29) is 0 Å². The third-order valence-corrected chi connectivity index (χ3v) is 3.69. The minimum Gasteiger partial charge on any atom is -0.354 e. The van der Waals surface area contributed by atoms with Crippen LogP contribution in [0.15, 0.2) is 36.4 Å². The highest BCUT2D eigenvalue weighted by Gasteiger charge is 2.16. The lowest BCUT2D eigenvalue weighted by atomic mass is 9.96. The van der Waals surface area contributed by atoms with Crippen LogP contribution < -0.4 is 0 Å². The van der Waals surface area contributed by atoms with Gasteiger partial charge in [-0.1, -0.05) is 32.0 Å². The highest BCUT2D eigenvalue weighted by molar-refractivity contribution is 5.91. The Morgan fingerprint density at radius 1 is 1.00 bits per heavy atom. The molecule has 2 heteroatoms. The van der Waals surface area contributed by atoms with Crippen molar-refractivity contribution in [2.24, 2.45) is 0 Å². The Kier molecular flexibility index (Phi) is 3.09. The van der Waals surface area contributed by atoms with Crippen molar-refractivity contribution < 1.29 is 0 Å². The first-order valence-electron chi connectivity index (χ1n) is 7.12. The molecule has 1 N–H and O–H groups in total. The maximum absolute atomic E-state index is 4.47. The lowest BCUT2D eigenvalue weighted by Gasteiger charge is -2.09. The van der Waals surface area contributed by atoms with Crippen LogP contribution in [-0.4, -0.2) is 9.97 Å². The molecule has 2 aromatic heterocycles. The zero-order valence-electron chi connectivity index (χ0n) is 12.5. The molecular formula is C18H20N2. The van der Waals surface area contributed by atoms with Gasteiger partial charge in [0.05, 0.1) is 5.69 Å². The van der Waals surface area contributed by atoms with E-state index in [0.717, 1.165) is 11.4 Å². The van der Waals surface area contributed by atoms with Crippen LogP contribution in [0.25, 0.3) is 22.2 Å². The summed E-state index contributed by atoms with van der Waals surface area (Å²) in [6.07, 6.45) is 0. The minimum atomic E-state index is 0.481. The predicted octanol–water partition coefficient (Wildman–Crippen LogP) is 4.97. The smallest absolute Gasteiger partial charge is 0.0501 e. The van der Waals surface area contributed by atoms with E-state index in [2.05, 4.69) is 60.2 Å². The summed E-state index contributed by atoms with van der Waals surface area (Å²) in [7, 11) is 0. The van der Waals surface area contributed by atoms with Crippen LogP contribution in [0.5, 0.6) is 0 Å². The van der Waals surface area contributed by atoms with Crippen molar-refractivity contribution in [2.45, 2.75) is 33.6 Å². The molecule has 3 rings (SSSR count). The van der Waals surface area contributed by atoms with Gasteiger partial charge in [-0.15, -0.1) is 0 Å². The standard InChI is InChI=1S/C18H20N2/c1-11(2)17-15-7-5-6-8-16(15)20-18(17)14-9-12(3)19-13(4)10-14/h5-11,20H,1-4H3. The summed E-state index contributed by atoms with van der Waals surface area (Å²) >= 11 is 0. The van der Waals surface area contributed by atoms with E-state index in [1.807, 2.05) is 13.8 Å². The topological polar surface area (TPSA) is 28.7 Å². The summed E-state index contributed by atoms with van der Waals surface area (Å²) in [5.74, 6) is 0.481. The Labute approximate surface area is 119 Å². The van der Waals surface area contributed by atoms with Crippen LogP contribution in [0, 0.1) is 13.8 Å².